The van der Waals surface area contributed by atoms with Crippen molar-refractivity contribution >= 4 is 29.9 Å². The van der Waals surface area contributed by atoms with Gasteiger partial charge in [-0.15, -0.1) is 24.0 Å². The van der Waals surface area contributed by atoms with E-state index >= 15 is 0 Å². The molecule has 2 rings (SSSR count). The van der Waals surface area contributed by atoms with Crippen LogP contribution in [0, 0.1) is 6.92 Å². The molecule has 1 aliphatic rings. The molecule has 1 unspecified atom stereocenters. The Morgan fingerprint density at radius 3 is 2.69 bits per heavy atom. The van der Waals surface area contributed by atoms with Gasteiger partial charge in [-0.05, 0) is 46.2 Å². The highest BCUT2D eigenvalue weighted by atomic mass is 127. The van der Waals surface area contributed by atoms with Crippen LogP contribution < -0.4 is 5.32 Å². The van der Waals surface area contributed by atoms with E-state index in [1.165, 1.54) is 6.42 Å². The summed E-state index contributed by atoms with van der Waals surface area (Å²) in [6.45, 7) is 16.1. The second-order valence-corrected chi connectivity index (χ2v) is 6.72. The lowest BCUT2D eigenvalue weighted by Crippen LogP contribution is -2.43. The molecule has 1 aliphatic heterocycles. The van der Waals surface area contributed by atoms with E-state index in [2.05, 4.69) is 58.6 Å². The number of halogens is 1. The van der Waals surface area contributed by atoms with Gasteiger partial charge in [-0.1, -0.05) is 13.8 Å². The molecular formula is C19H37IN6. The molecule has 0 radical (unpaired) electrons. The maximum atomic E-state index is 4.87. The van der Waals surface area contributed by atoms with Crippen LogP contribution in [0.5, 0.6) is 0 Å². The molecule has 1 atom stereocenters. The zero-order valence-corrected chi connectivity index (χ0v) is 19.3. The van der Waals surface area contributed by atoms with Crippen molar-refractivity contribution in [1.29, 1.82) is 0 Å². The normalized spacial score (nSPS) is 17.7. The van der Waals surface area contributed by atoms with Crippen molar-refractivity contribution in [2.45, 2.75) is 59.5 Å². The summed E-state index contributed by atoms with van der Waals surface area (Å²) in [5.74, 6) is 2.19. The van der Waals surface area contributed by atoms with E-state index in [1.54, 1.807) is 0 Å². The highest BCUT2D eigenvalue weighted by molar-refractivity contribution is 14.0. The quantitative estimate of drug-likeness (QED) is 0.258. The number of guanidine groups is 1. The third kappa shape index (κ3) is 6.72. The minimum absolute atomic E-state index is 0. The summed E-state index contributed by atoms with van der Waals surface area (Å²) in [6, 6.07) is 0.670. The van der Waals surface area contributed by atoms with Crippen LogP contribution in [0.4, 0.5) is 0 Å². The van der Waals surface area contributed by atoms with Gasteiger partial charge in [0.1, 0.15) is 5.82 Å². The molecule has 1 saturated heterocycles. The number of aromatic nitrogens is 2. The molecular weight excluding hydrogens is 439 g/mol. The topological polar surface area (TPSA) is 48.7 Å². The van der Waals surface area contributed by atoms with Crippen molar-refractivity contribution in [3.05, 3.63) is 18.2 Å². The summed E-state index contributed by atoms with van der Waals surface area (Å²) in [5, 5.41) is 3.48. The zero-order valence-electron chi connectivity index (χ0n) is 16.9. The van der Waals surface area contributed by atoms with Gasteiger partial charge in [0.25, 0.3) is 0 Å². The molecule has 0 amide bonds. The Labute approximate surface area is 176 Å². The Kier molecular flexibility index (Phi) is 11.2. The van der Waals surface area contributed by atoms with Crippen molar-refractivity contribution in [1.82, 2.24) is 24.7 Å². The van der Waals surface area contributed by atoms with Gasteiger partial charge in [0, 0.05) is 51.2 Å². The van der Waals surface area contributed by atoms with E-state index in [0.29, 0.717) is 6.04 Å². The maximum absolute atomic E-state index is 4.87. The molecule has 1 aromatic heterocycles. The van der Waals surface area contributed by atoms with Crippen molar-refractivity contribution in [3.8, 4) is 0 Å². The van der Waals surface area contributed by atoms with Crippen molar-refractivity contribution < 1.29 is 0 Å². The molecule has 6 nitrogen and oxygen atoms in total. The van der Waals surface area contributed by atoms with Gasteiger partial charge < -0.3 is 14.8 Å². The summed E-state index contributed by atoms with van der Waals surface area (Å²) in [6.07, 6.45) is 7.42. The molecule has 0 saturated carbocycles. The van der Waals surface area contributed by atoms with E-state index in [-0.39, 0.29) is 24.0 Å². The van der Waals surface area contributed by atoms with Crippen LogP contribution in [0.3, 0.4) is 0 Å². The molecule has 2 heterocycles. The number of hydrogen-bond acceptors (Lipinski definition) is 3. The monoisotopic (exact) mass is 476 g/mol. The second kappa shape index (κ2) is 12.5. The zero-order chi connectivity index (χ0) is 18.1. The van der Waals surface area contributed by atoms with E-state index in [0.717, 1.165) is 70.4 Å². The molecule has 0 bridgehead atoms. The summed E-state index contributed by atoms with van der Waals surface area (Å²) >= 11 is 0. The summed E-state index contributed by atoms with van der Waals surface area (Å²) < 4.78 is 2.21. The van der Waals surface area contributed by atoms with Crippen LogP contribution in [0.25, 0.3) is 0 Å². The summed E-state index contributed by atoms with van der Waals surface area (Å²) in [7, 11) is 0. The average molecular weight is 476 g/mol. The average Bonchev–Trinajstić information content (AvgIpc) is 3.25. The van der Waals surface area contributed by atoms with Crippen LogP contribution in [0.2, 0.25) is 0 Å². The number of aliphatic imine (C=N–C) groups is 1. The first-order chi connectivity index (χ1) is 12.2. The van der Waals surface area contributed by atoms with E-state index in [1.807, 2.05) is 6.20 Å². The summed E-state index contributed by atoms with van der Waals surface area (Å²) in [5.41, 5.74) is 0. The first-order valence-electron chi connectivity index (χ1n) is 9.94. The first-order valence-corrected chi connectivity index (χ1v) is 9.94. The largest absolute Gasteiger partial charge is 0.357 e. The molecule has 7 heteroatoms. The van der Waals surface area contributed by atoms with E-state index in [4.69, 9.17) is 4.99 Å². The first kappa shape index (κ1) is 23.2. The van der Waals surface area contributed by atoms with E-state index < -0.39 is 0 Å². The number of rotatable bonds is 9. The number of hydrogen-bond donors (Lipinski definition) is 1. The standard InChI is InChI=1S/C19H36N6.HI/c1-5-20-19(25-14-10-18(16-25)23(6-2)7-3)22-11-8-9-13-24-15-12-21-17(24)4;/h12,15,18H,5-11,13-14,16H2,1-4H3,(H,20,22);1H. The number of aryl methyl sites for hydroxylation is 2. The lowest BCUT2D eigenvalue weighted by Gasteiger charge is -2.27. The molecule has 150 valence electrons. The Balaban J connectivity index is 0.00000338. The summed E-state index contributed by atoms with van der Waals surface area (Å²) in [4.78, 5) is 14.1. The van der Waals surface area contributed by atoms with Gasteiger partial charge >= 0.3 is 0 Å². The second-order valence-electron chi connectivity index (χ2n) is 6.72. The Bertz CT molecular complexity index is 526. The van der Waals surface area contributed by atoms with Crippen LogP contribution in [-0.4, -0.2) is 70.6 Å². The third-order valence-electron chi connectivity index (χ3n) is 5.12. The lowest BCUT2D eigenvalue weighted by atomic mass is 10.2. The number of unbranched alkanes of at least 4 members (excludes halogenated alkanes) is 1. The fourth-order valence-corrected chi connectivity index (χ4v) is 3.62. The Morgan fingerprint density at radius 2 is 2.08 bits per heavy atom. The Morgan fingerprint density at radius 1 is 1.31 bits per heavy atom. The van der Waals surface area contributed by atoms with Crippen LogP contribution in [0.15, 0.2) is 17.4 Å². The van der Waals surface area contributed by atoms with Crippen molar-refractivity contribution in [2.24, 2.45) is 4.99 Å². The van der Waals surface area contributed by atoms with Crippen molar-refractivity contribution in [3.63, 3.8) is 0 Å². The molecule has 0 spiro atoms. The van der Waals surface area contributed by atoms with Gasteiger partial charge in [-0.25, -0.2) is 4.98 Å². The molecule has 1 fully saturated rings. The number of nitrogens with one attached hydrogen (secondary N) is 1. The number of imidazole rings is 1. The molecule has 0 aromatic carbocycles. The predicted molar refractivity (Wildman–Crippen MR) is 120 cm³/mol. The van der Waals surface area contributed by atoms with E-state index in [9.17, 15) is 0 Å². The van der Waals surface area contributed by atoms with Crippen LogP contribution in [0.1, 0.15) is 45.9 Å². The molecule has 0 aliphatic carbocycles. The fraction of sp³-hybridized carbons (Fsp3) is 0.789. The van der Waals surface area contributed by atoms with Gasteiger partial charge in [0.2, 0.25) is 0 Å². The molecule has 26 heavy (non-hydrogen) atoms. The predicted octanol–water partition coefficient (Wildman–Crippen LogP) is 2.97. The minimum Gasteiger partial charge on any atom is -0.357 e. The SMILES string of the molecule is CCNC(=NCCCCn1ccnc1C)N1CCC(N(CC)CC)C1.I. The molecule has 1 N–H and O–H groups in total. The number of nitrogens with zero attached hydrogens (tertiary/aromatic N) is 5. The number of likely N-dealkylation sites (N-methyl/N-ethyl adjacent to an activating group) is 1. The van der Waals surface area contributed by atoms with Crippen LogP contribution in [-0.2, 0) is 6.54 Å². The van der Waals surface area contributed by atoms with Gasteiger partial charge in [-0.3, -0.25) is 9.89 Å². The van der Waals surface area contributed by atoms with Gasteiger partial charge in [0.15, 0.2) is 5.96 Å². The highest BCUT2D eigenvalue weighted by Crippen LogP contribution is 2.15. The fourth-order valence-electron chi connectivity index (χ4n) is 3.62. The highest BCUT2D eigenvalue weighted by Gasteiger charge is 2.27. The maximum Gasteiger partial charge on any atom is 0.193 e. The van der Waals surface area contributed by atoms with Crippen LogP contribution >= 0.6 is 24.0 Å². The van der Waals surface area contributed by atoms with Gasteiger partial charge in [-0.2, -0.15) is 0 Å². The van der Waals surface area contributed by atoms with Crippen molar-refractivity contribution in [2.75, 3.05) is 39.3 Å². The van der Waals surface area contributed by atoms with Gasteiger partial charge in [0.05, 0.1) is 0 Å². The minimum atomic E-state index is 0. The number of likely N-dealkylation sites (tertiary alicyclic amines) is 1. The lowest BCUT2D eigenvalue weighted by molar-refractivity contribution is 0.223. The Hall–Kier alpha value is -0.830. The molecule has 1 aromatic rings. The smallest absolute Gasteiger partial charge is 0.193 e. The third-order valence-corrected chi connectivity index (χ3v) is 5.12.